The number of hydrogen-bond donors (Lipinski definition) is 0. The second-order valence-corrected chi connectivity index (χ2v) is 7.36. The largest absolute Gasteiger partial charge is 0.298 e. The van der Waals surface area contributed by atoms with Gasteiger partial charge in [-0.3, -0.25) is 4.90 Å². The van der Waals surface area contributed by atoms with Crippen LogP contribution in [0.15, 0.2) is 18.2 Å². The maximum absolute atomic E-state index is 6.20. The number of likely N-dealkylation sites (tertiary alicyclic amines) is 1. The Kier molecular flexibility index (Phi) is 2.76. The fourth-order valence-corrected chi connectivity index (χ4v) is 3.81. The number of nitrogens with zero attached hydrogens (tertiary/aromatic N) is 1. The van der Waals surface area contributed by atoms with Gasteiger partial charge in [0.05, 0.1) is 0 Å². The number of aryl methyl sites for hydroxylation is 1. The molecule has 1 nitrogen and oxygen atoms in total. The molecule has 1 aliphatic heterocycles. The van der Waals surface area contributed by atoms with E-state index in [-0.39, 0.29) is 5.54 Å². The second kappa shape index (κ2) is 3.98. The third kappa shape index (κ3) is 1.88. The van der Waals surface area contributed by atoms with Crippen molar-refractivity contribution in [3.63, 3.8) is 0 Å². The van der Waals surface area contributed by atoms with Crippen molar-refractivity contribution in [2.24, 2.45) is 0 Å². The van der Waals surface area contributed by atoms with E-state index in [0.717, 1.165) is 5.02 Å². The first kappa shape index (κ1) is 12.5. The molecular formula is C16H22ClN. The minimum Gasteiger partial charge on any atom is -0.298 e. The number of hydrogen-bond acceptors (Lipinski definition) is 1. The van der Waals surface area contributed by atoms with Crippen LogP contribution in [0.25, 0.3) is 0 Å². The van der Waals surface area contributed by atoms with Gasteiger partial charge in [-0.1, -0.05) is 17.7 Å². The molecule has 0 bridgehead atoms. The summed E-state index contributed by atoms with van der Waals surface area (Å²) < 4.78 is 0. The van der Waals surface area contributed by atoms with Gasteiger partial charge >= 0.3 is 0 Å². The van der Waals surface area contributed by atoms with E-state index >= 15 is 0 Å². The number of benzene rings is 1. The summed E-state index contributed by atoms with van der Waals surface area (Å²) in [5.74, 6) is 0. The molecule has 1 spiro atoms. The summed E-state index contributed by atoms with van der Waals surface area (Å²) in [7, 11) is 0. The van der Waals surface area contributed by atoms with E-state index in [1.807, 2.05) is 6.07 Å². The molecule has 1 aromatic rings. The average molecular weight is 264 g/mol. The van der Waals surface area contributed by atoms with Gasteiger partial charge in [0.15, 0.2) is 0 Å². The lowest BCUT2D eigenvalue weighted by atomic mass is 9.81. The molecular weight excluding hydrogens is 242 g/mol. The first-order chi connectivity index (χ1) is 8.41. The zero-order valence-electron chi connectivity index (χ0n) is 11.6. The molecule has 0 aromatic heterocycles. The normalized spacial score (nSPS) is 28.0. The molecule has 1 aromatic carbocycles. The highest BCUT2D eigenvalue weighted by Crippen LogP contribution is 2.47. The zero-order valence-corrected chi connectivity index (χ0v) is 12.3. The van der Waals surface area contributed by atoms with E-state index in [1.54, 1.807) is 0 Å². The van der Waals surface area contributed by atoms with Crippen LogP contribution in [0.2, 0.25) is 5.02 Å². The molecule has 1 saturated heterocycles. The fourth-order valence-electron chi connectivity index (χ4n) is 3.64. The summed E-state index contributed by atoms with van der Waals surface area (Å²) in [6.45, 7) is 9.37. The van der Waals surface area contributed by atoms with Gasteiger partial charge in [0.2, 0.25) is 0 Å². The summed E-state index contributed by atoms with van der Waals surface area (Å²) >= 11 is 6.20. The monoisotopic (exact) mass is 263 g/mol. The summed E-state index contributed by atoms with van der Waals surface area (Å²) in [5, 5.41) is 0.893. The molecule has 98 valence electrons. The molecule has 1 aliphatic carbocycles. The van der Waals surface area contributed by atoms with Crippen molar-refractivity contribution in [3.8, 4) is 0 Å². The quantitative estimate of drug-likeness (QED) is 0.683. The van der Waals surface area contributed by atoms with E-state index in [4.69, 9.17) is 11.6 Å². The molecule has 18 heavy (non-hydrogen) atoms. The molecule has 2 heteroatoms. The van der Waals surface area contributed by atoms with Crippen LogP contribution in [0.5, 0.6) is 0 Å². The molecule has 0 N–H and O–H groups in total. The van der Waals surface area contributed by atoms with Gasteiger partial charge in [-0.15, -0.1) is 0 Å². The lowest BCUT2D eigenvalue weighted by Gasteiger charge is -2.34. The van der Waals surface area contributed by atoms with Crippen molar-refractivity contribution in [1.29, 1.82) is 0 Å². The average Bonchev–Trinajstić information content (AvgIpc) is 2.86. The van der Waals surface area contributed by atoms with Crippen LogP contribution in [0, 0.1) is 0 Å². The van der Waals surface area contributed by atoms with Crippen molar-refractivity contribution in [1.82, 2.24) is 4.90 Å². The molecule has 1 heterocycles. The zero-order chi connectivity index (χ0) is 13.0. The van der Waals surface area contributed by atoms with Crippen LogP contribution in [0.3, 0.4) is 0 Å². The molecule has 0 radical (unpaired) electrons. The van der Waals surface area contributed by atoms with Gasteiger partial charge in [0, 0.05) is 22.5 Å². The standard InChI is InChI=1S/C16H22ClN/c1-15(2,3)18-9-8-16(11-18)7-6-12-4-5-13(17)10-14(12)16/h4-5,10H,6-9,11H2,1-3H3. The van der Waals surface area contributed by atoms with Crippen LogP contribution in [0.1, 0.15) is 44.7 Å². The van der Waals surface area contributed by atoms with Gasteiger partial charge in [-0.05, 0) is 69.8 Å². The molecule has 1 fully saturated rings. The number of rotatable bonds is 0. The van der Waals surface area contributed by atoms with Crippen molar-refractivity contribution in [2.75, 3.05) is 13.1 Å². The summed E-state index contributed by atoms with van der Waals surface area (Å²) in [6.07, 6.45) is 3.82. The maximum atomic E-state index is 6.20. The van der Waals surface area contributed by atoms with Gasteiger partial charge in [-0.25, -0.2) is 0 Å². The van der Waals surface area contributed by atoms with Crippen LogP contribution in [-0.4, -0.2) is 23.5 Å². The van der Waals surface area contributed by atoms with Gasteiger partial charge < -0.3 is 0 Å². The Hall–Kier alpha value is -0.530. The van der Waals surface area contributed by atoms with Gasteiger partial charge in [0.25, 0.3) is 0 Å². The lowest BCUT2D eigenvalue weighted by Crippen LogP contribution is -2.41. The molecule has 1 atom stereocenters. The van der Waals surface area contributed by atoms with Crippen molar-refractivity contribution < 1.29 is 0 Å². The Morgan fingerprint density at radius 2 is 2.00 bits per heavy atom. The van der Waals surface area contributed by atoms with Crippen molar-refractivity contribution >= 4 is 11.6 Å². The molecule has 1 unspecified atom stereocenters. The maximum Gasteiger partial charge on any atom is 0.0409 e. The minimum atomic E-state index is 0.283. The van der Waals surface area contributed by atoms with Crippen LogP contribution >= 0.6 is 11.6 Å². The molecule has 3 rings (SSSR count). The highest BCUT2D eigenvalue weighted by Gasteiger charge is 2.46. The van der Waals surface area contributed by atoms with E-state index < -0.39 is 0 Å². The predicted octanol–water partition coefficient (Wildman–Crippen LogP) is 4.03. The van der Waals surface area contributed by atoms with Crippen LogP contribution in [0.4, 0.5) is 0 Å². The van der Waals surface area contributed by atoms with Gasteiger partial charge in [-0.2, -0.15) is 0 Å². The topological polar surface area (TPSA) is 3.24 Å². The van der Waals surface area contributed by atoms with Gasteiger partial charge in [0.1, 0.15) is 0 Å². The third-order valence-corrected chi connectivity index (χ3v) is 5.05. The summed E-state index contributed by atoms with van der Waals surface area (Å²) in [4.78, 5) is 2.63. The Morgan fingerprint density at radius 1 is 1.22 bits per heavy atom. The first-order valence-electron chi connectivity index (χ1n) is 6.95. The first-order valence-corrected chi connectivity index (χ1v) is 7.33. The molecule has 0 saturated carbocycles. The van der Waals surface area contributed by atoms with Crippen LogP contribution in [-0.2, 0) is 11.8 Å². The van der Waals surface area contributed by atoms with Crippen molar-refractivity contribution in [3.05, 3.63) is 34.3 Å². The van der Waals surface area contributed by atoms with Crippen molar-refractivity contribution in [2.45, 2.75) is 51.0 Å². The Balaban J connectivity index is 1.95. The Bertz CT molecular complexity index is 474. The lowest BCUT2D eigenvalue weighted by molar-refractivity contribution is 0.163. The smallest absolute Gasteiger partial charge is 0.0409 e. The highest BCUT2D eigenvalue weighted by molar-refractivity contribution is 6.30. The third-order valence-electron chi connectivity index (χ3n) is 4.82. The molecule has 2 aliphatic rings. The summed E-state index contributed by atoms with van der Waals surface area (Å²) in [6, 6.07) is 6.48. The second-order valence-electron chi connectivity index (χ2n) is 6.92. The molecule has 0 amide bonds. The number of halogens is 1. The number of fused-ring (bicyclic) bond motifs is 2. The Morgan fingerprint density at radius 3 is 2.67 bits per heavy atom. The highest BCUT2D eigenvalue weighted by atomic mass is 35.5. The Labute approximate surface area is 115 Å². The summed E-state index contributed by atoms with van der Waals surface area (Å²) in [5.41, 5.74) is 3.72. The van der Waals surface area contributed by atoms with E-state index in [2.05, 4.69) is 37.8 Å². The fraction of sp³-hybridized carbons (Fsp3) is 0.625. The van der Waals surface area contributed by atoms with E-state index in [1.165, 1.54) is 43.5 Å². The van der Waals surface area contributed by atoms with E-state index in [9.17, 15) is 0 Å². The van der Waals surface area contributed by atoms with Crippen LogP contribution < -0.4 is 0 Å². The SMILES string of the molecule is CC(C)(C)N1CCC2(CCc3ccc(Cl)cc32)C1. The predicted molar refractivity (Wildman–Crippen MR) is 77.4 cm³/mol. The van der Waals surface area contributed by atoms with E-state index in [0.29, 0.717) is 5.41 Å². The minimum absolute atomic E-state index is 0.283.